The van der Waals surface area contributed by atoms with Gasteiger partial charge >= 0.3 is 0 Å². The van der Waals surface area contributed by atoms with Gasteiger partial charge in [-0.3, -0.25) is 0 Å². The maximum absolute atomic E-state index is 9.41. The zero-order chi connectivity index (χ0) is 11.1. The van der Waals surface area contributed by atoms with Crippen LogP contribution in [0, 0.1) is 0 Å². The number of rotatable bonds is 2. The number of para-hydroxylation sites is 1. The quantitative estimate of drug-likeness (QED) is 0.804. The van der Waals surface area contributed by atoms with E-state index in [0.717, 1.165) is 17.7 Å². The smallest absolute Gasteiger partial charge is 0.126 e. The molecule has 1 aromatic carbocycles. The van der Waals surface area contributed by atoms with Crippen molar-refractivity contribution in [2.45, 2.75) is 45.3 Å². The molecule has 2 nitrogen and oxygen atoms in total. The van der Waals surface area contributed by atoms with E-state index in [9.17, 15) is 5.11 Å². The molecule has 2 heteroatoms. The zero-order valence-corrected chi connectivity index (χ0v) is 9.58. The third kappa shape index (κ3) is 2.15. The van der Waals surface area contributed by atoms with E-state index in [1.807, 2.05) is 12.1 Å². The van der Waals surface area contributed by atoms with E-state index in [4.69, 9.17) is 4.74 Å². The molecule has 0 bridgehead atoms. The summed E-state index contributed by atoms with van der Waals surface area (Å²) in [7, 11) is 0. The average molecular weight is 206 g/mol. The highest BCUT2D eigenvalue weighted by atomic mass is 16.5. The molecule has 0 saturated carbocycles. The van der Waals surface area contributed by atoms with Crippen molar-refractivity contribution in [3.8, 4) is 5.75 Å². The maximum atomic E-state index is 9.41. The fourth-order valence-electron chi connectivity index (χ4n) is 2.16. The summed E-state index contributed by atoms with van der Waals surface area (Å²) in [6.07, 6.45) is 1.30. The van der Waals surface area contributed by atoms with Crippen LogP contribution in [0.2, 0.25) is 0 Å². The minimum absolute atomic E-state index is 0.100. The van der Waals surface area contributed by atoms with E-state index in [2.05, 4.69) is 19.9 Å². The lowest BCUT2D eigenvalue weighted by Crippen LogP contribution is -2.25. The molecular weight excluding hydrogens is 188 g/mol. The first kappa shape index (κ1) is 10.5. The van der Waals surface area contributed by atoms with Gasteiger partial charge in [0, 0.05) is 12.8 Å². The predicted molar refractivity (Wildman–Crippen MR) is 60.2 cm³/mol. The third-order valence-corrected chi connectivity index (χ3v) is 2.69. The number of hydrogen-bond donors (Lipinski definition) is 1. The number of hydrogen-bond acceptors (Lipinski definition) is 2. The highest BCUT2D eigenvalue weighted by Crippen LogP contribution is 2.37. The van der Waals surface area contributed by atoms with Crippen LogP contribution in [-0.2, 0) is 12.8 Å². The van der Waals surface area contributed by atoms with E-state index < -0.39 is 0 Å². The molecule has 2 rings (SSSR count). The summed E-state index contributed by atoms with van der Waals surface area (Å²) in [6, 6.07) is 6.18. The zero-order valence-electron chi connectivity index (χ0n) is 9.58. The Balaban J connectivity index is 2.33. The molecule has 0 aliphatic carbocycles. The standard InChI is InChI=1S/C13H18O2/c1-9(14)7-10-5-4-6-11-8-13(2,3)15-12(10)11/h4-6,9,14H,7-8H2,1-3H3. The van der Waals surface area contributed by atoms with E-state index in [0.29, 0.717) is 6.42 Å². The van der Waals surface area contributed by atoms with Crippen LogP contribution < -0.4 is 4.74 Å². The molecule has 1 aliphatic rings. The fourth-order valence-corrected chi connectivity index (χ4v) is 2.16. The molecule has 82 valence electrons. The minimum Gasteiger partial charge on any atom is -0.487 e. The molecular formula is C13H18O2. The van der Waals surface area contributed by atoms with Gasteiger partial charge in [0.2, 0.25) is 0 Å². The van der Waals surface area contributed by atoms with Crippen LogP contribution in [0.15, 0.2) is 18.2 Å². The highest BCUT2D eigenvalue weighted by Gasteiger charge is 2.31. The molecule has 0 amide bonds. The Morgan fingerprint density at radius 2 is 2.20 bits per heavy atom. The number of aliphatic hydroxyl groups excluding tert-OH is 1. The average Bonchev–Trinajstić information content (AvgIpc) is 2.39. The van der Waals surface area contributed by atoms with Gasteiger partial charge in [0.05, 0.1) is 6.10 Å². The Hall–Kier alpha value is -1.02. The second-order valence-electron chi connectivity index (χ2n) is 5.00. The first-order valence-electron chi connectivity index (χ1n) is 5.46. The number of fused-ring (bicyclic) bond motifs is 1. The monoisotopic (exact) mass is 206 g/mol. The van der Waals surface area contributed by atoms with E-state index in [1.165, 1.54) is 5.56 Å². The summed E-state index contributed by atoms with van der Waals surface area (Å²) < 4.78 is 5.92. The molecule has 1 atom stereocenters. The van der Waals surface area contributed by atoms with Crippen LogP contribution in [0.4, 0.5) is 0 Å². The van der Waals surface area contributed by atoms with Crippen molar-refractivity contribution < 1.29 is 9.84 Å². The molecule has 15 heavy (non-hydrogen) atoms. The number of benzene rings is 1. The SMILES string of the molecule is CC(O)Cc1cccc2c1OC(C)(C)C2. The summed E-state index contributed by atoms with van der Waals surface area (Å²) in [4.78, 5) is 0. The molecule has 1 heterocycles. The van der Waals surface area contributed by atoms with Gasteiger partial charge in [-0.2, -0.15) is 0 Å². The Morgan fingerprint density at radius 1 is 1.47 bits per heavy atom. The lowest BCUT2D eigenvalue weighted by Gasteiger charge is -2.18. The molecule has 0 fully saturated rings. The minimum atomic E-state index is -0.316. The van der Waals surface area contributed by atoms with Crippen LogP contribution in [0.3, 0.4) is 0 Å². The van der Waals surface area contributed by atoms with Crippen LogP contribution in [0.1, 0.15) is 31.9 Å². The van der Waals surface area contributed by atoms with Crippen molar-refractivity contribution in [1.82, 2.24) is 0 Å². The van der Waals surface area contributed by atoms with E-state index in [-0.39, 0.29) is 11.7 Å². The van der Waals surface area contributed by atoms with E-state index >= 15 is 0 Å². The van der Waals surface area contributed by atoms with Crippen molar-refractivity contribution in [3.63, 3.8) is 0 Å². The van der Waals surface area contributed by atoms with Crippen LogP contribution in [0.25, 0.3) is 0 Å². The number of aliphatic hydroxyl groups is 1. The number of ether oxygens (including phenoxy) is 1. The van der Waals surface area contributed by atoms with Gasteiger partial charge in [0.15, 0.2) is 0 Å². The van der Waals surface area contributed by atoms with Gasteiger partial charge < -0.3 is 9.84 Å². The second kappa shape index (κ2) is 3.53. The Labute approximate surface area is 90.9 Å². The first-order valence-corrected chi connectivity index (χ1v) is 5.46. The summed E-state index contributed by atoms with van der Waals surface area (Å²) in [6.45, 7) is 6.00. The van der Waals surface area contributed by atoms with Crippen LogP contribution >= 0.6 is 0 Å². The maximum Gasteiger partial charge on any atom is 0.126 e. The Bertz CT molecular complexity index is 367. The summed E-state index contributed by atoms with van der Waals surface area (Å²) in [5, 5.41) is 9.41. The van der Waals surface area contributed by atoms with Gasteiger partial charge in [0.1, 0.15) is 11.4 Å². The highest BCUT2D eigenvalue weighted by molar-refractivity contribution is 5.46. The van der Waals surface area contributed by atoms with E-state index in [1.54, 1.807) is 6.92 Å². The largest absolute Gasteiger partial charge is 0.487 e. The fraction of sp³-hybridized carbons (Fsp3) is 0.538. The van der Waals surface area contributed by atoms with Crippen molar-refractivity contribution >= 4 is 0 Å². The summed E-state index contributed by atoms with van der Waals surface area (Å²) >= 11 is 0. The van der Waals surface area contributed by atoms with Crippen molar-refractivity contribution in [2.24, 2.45) is 0 Å². The second-order valence-corrected chi connectivity index (χ2v) is 5.00. The van der Waals surface area contributed by atoms with Crippen molar-refractivity contribution in [3.05, 3.63) is 29.3 Å². The molecule has 1 aliphatic heterocycles. The summed E-state index contributed by atoms with van der Waals surface area (Å²) in [5.74, 6) is 0.989. The van der Waals surface area contributed by atoms with Gasteiger partial charge in [-0.05, 0) is 31.9 Å². The molecule has 0 saturated heterocycles. The van der Waals surface area contributed by atoms with Crippen LogP contribution in [-0.4, -0.2) is 16.8 Å². The van der Waals surface area contributed by atoms with Gasteiger partial charge in [0.25, 0.3) is 0 Å². The molecule has 0 aromatic heterocycles. The van der Waals surface area contributed by atoms with Crippen molar-refractivity contribution in [2.75, 3.05) is 0 Å². The Kier molecular flexibility index (Phi) is 2.47. The Morgan fingerprint density at radius 3 is 2.87 bits per heavy atom. The molecule has 0 radical (unpaired) electrons. The topological polar surface area (TPSA) is 29.5 Å². The van der Waals surface area contributed by atoms with Gasteiger partial charge in [-0.1, -0.05) is 18.2 Å². The lowest BCUT2D eigenvalue weighted by molar-refractivity contribution is 0.134. The predicted octanol–water partition coefficient (Wildman–Crippen LogP) is 2.32. The lowest BCUT2D eigenvalue weighted by atomic mass is 9.99. The van der Waals surface area contributed by atoms with Gasteiger partial charge in [-0.15, -0.1) is 0 Å². The third-order valence-electron chi connectivity index (χ3n) is 2.69. The summed E-state index contributed by atoms with van der Waals surface area (Å²) in [5.41, 5.74) is 2.28. The first-order chi connectivity index (χ1) is 6.98. The van der Waals surface area contributed by atoms with Gasteiger partial charge in [-0.25, -0.2) is 0 Å². The normalized spacial score (nSPS) is 19.5. The van der Waals surface area contributed by atoms with Crippen molar-refractivity contribution in [1.29, 1.82) is 0 Å². The molecule has 1 N–H and O–H groups in total. The molecule has 1 unspecified atom stereocenters. The molecule has 1 aromatic rings. The van der Waals surface area contributed by atoms with Crippen LogP contribution in [0.5, 0.6) is 5.75 Å². The molecule has 0 spiro atoms.